The smallest absolute Gasteiger partial charge is 0.222 e. The minimum absolute atomic E-state index is 0.133. The molecule has 0 radical (unpaired) electrons. The quantitative estimate of drug-likeness (QED) is 0.590. The molecule has 1 saturated heterocycles. The number of nitrogens with one attached hydrogen (secondary N) is 1. The summed E-state index contributed by atoms with van der Waals surface area (Å²) in [5.41, 5.74) is 4.15. The van der Waals surface area contributed by atoms with Crippen LogP contribution >= 0.6 is 0 Å². The first-order valence-electron chi connectivity index (χ1n) is 12.9. The Morgan fingerprint density at radius 3 is 2.44 bits per heavy atom. The molecular formula is C29H42N4O. The van der Waals surface area contributed by atoms with Crippen molar-refractivity contribution in [3.05, 3.63) is 65.7 Å². The third-order valence-electron chi connectivity index (χ3n) is 8.30. The number of fused-ring (bicyclic) bond motifs is 1. The molecule has 0 aromatic heterocycles. The molecule has 0 aliphatic carbocycles. The molecule has 4 rings (SSSR count). The van der Waals surface area contributed by atoms with Crippen molar-refractivity contribution in [1.82, 2.24) is 14.7 Å². The van der Waals surface area contributed by atoms with Crippen molar-refractivity contribution in [2.45, 2.75) is 44.1 Å². The number of amides is 1. The van der Waals surface area contributed by atoms with Crippen LogP contribution in [0.4, 0.5) is 5.69 Å². The SMILES string of the molecule is CC(CC(=O)N(C)CCCN1CCC(c2ccccc2)(N(C)C)CC1)C1CNc2ccccc21. The third-order valence-corrected chi connectivity index (χ3v) is 8.30. The minimum Gasteiger partial charge on any atom is -0.384 e. The van der Waals surface area contributed by atoms with E-state index < -0.39 is 0 Å². The standard InChI is InChI=1S/C29H42N4O/c1-23(26-22-30-27-14-9-8-13-25(26)27)21-28(34)32(4)17-10-18-33-19-15-29(16-20-33,31(2)3)24-11-6-5-7-12-24/h5-9,11-14,23,26,30H,10,15-22H2,1-4H3. The van der Waals surface area contributed by atoms with E-state index in [2.05, 4.69) is 90.7 Å². The van der Waals surface area contributed by atoms with Gasteiger partial charge in [-0.2, -0.15) is 0 Å². The van der Waals surface area contributed by atoms with Crippen LogP contribution in [0.5, 0.6) is 0 Å². The molecule has 1 fully saturated rings. The highest BCUT2D eigenvalue weighted by molar-refractivity contribution is 5.76. The molecule has 0 saturated carbocycles. The Morgan fingerprint density at radius 1 is 1.06 bits per heavy atom. The molecular weight excluding hydrogens is 420 g/mol. The first-order valence-corrected chi connectivity index (χ1v) is 12.9. The van der Waals surface area contributed by atoms with Gasteiger partial charge in [-0.1, -0.05) is 55.5 Å². The number of nitrogens with zero attached hydrogens (tertiary/aromatic N) is 3. The average Bonchev–Trinajstić information content (AvgIpc) is 3.29. The maximum absolute atomic E-state index is 12.9. The number of likely N-dealkylation sites (tertiary alicyclic amines) is 1. The Kier molecular flexibility index (Phi) is 7.95. The van der Waals surface area contributed by atoms with E-state index in [9.17, 15) is 4.79 Å². The highest BCUT2D eigenvalue weighted by Gasteiger charge is 2.38. The lowest BCUT2D eigenvalue weighted by Crippen LogP contribution is -2.50. The van der Waals surface area contributed by atoms with Crippen LogP contribution < -0.4 is 5.32 Å². The summed E-state index contributed by atoms with van der Waals surface area (Å²) in [6.45, 7) is 7.26. The minimum atomic E-state index is 0.133. The summed E-state index contributed by atoms with van der Waals surface area (Å²) in [6, 6.07) is 19.5. The van der Waals surface area contributed by atoms with Gasteiger partial charge in [-0.05, 0) is 63.0 Å². The molecule has 0 spiro atoms. The van der Waals surface area contributed by atoms with Crippen LogP contribution in [0.15, 0.2) is 54.6 Å². The first kappa shape index (κ1) is 24.7. The lowest BCUT2D eigenvalue weighted by molar-refractivity contribution is -0.131. The molecule has 5 heteroatoms. The molecule has 184 valence electrons. The molecule has 2 aliphatic heterocycles. The molecule has 2 unspecified atom stereocenters. The number of carbonyl (C=O) groups is 1. The van der Waals surface area contributed by atoms with Gasteiger partial charge in [0.1, 0.15) is 0 Å². The Labute approximate surface area is 206 Å². The van der Waals surface area contributed by atoms with Gasteiger partial charge in [0.25, 0.3) is 0 Å². The Hall–Kier alpha value is -2.37. The molecule has 1 N–H and O–H groups in total. The molecule has 2 aliphatic rings. The summed E-state index contributed by atoms with van der Waals surface area (Å²) in [5.74, 6) is 1.03. The molecule has 0 bridgehead atoms. The summed E-state index contributed by atoms with van der Waals surface area (Å²) < 4.78 is 0. The van der Waals surface area contributed by atoms with Crippen molar-refractivity contribution < 1.29 is 4.79 Å². The van der Waals surface area contributed by atoms with Gasteiger partial charge in [0.05, 0.1) is 0 Å². The highest BCUT2D eigenvalue weighted by atomic mass is 16.2. The molecule has 2 atom stereocenters. The highest BCUT2D eigenvalue weighted by Crippen LogP contribution is 2.38. The zero-order chi connectivity index (χ0) is 24.1. The first-order chi connectivity index (χ1) is 16.4. The van der Waals surface area contributed by atoms with Crippen molar-refractivity contribution in [2.75, 3.05) is 59.2 Å². The van der Waals surface area contributed by atoms with Crippen molar-refractivity contribution in [3.8, 4) is 0 Å². The van der Waals surface area contributed by atoms with E-state index in [1.807, 2.05) is 11.9 Å². The van der Waals surface area contributed by atoms with E-state index in [0.717, 1.165) is 52.0 Å². The Morgan fingerprint density at radius 2 is 1.74 bits per heavy atom. The fraction of sp³-hybridized carbons (Fsp3) is 0.552. The fourth-order valence-corrected chi connectivity index (χ4v) is 5.94. The Bertz CT molecular complexity index is 936. The van der Waals surface area contributed by atoms with Crippen molar-refractivity contribution in [3.63, 3.8) is 0 Å². The normalized spacial score (nSPS) is 20.6. The number of rotatable bonds is 9. The maximum Gasteiger partial charge on any atom is 0.222 e. The van der Waals surface area contributed by atoms with Crippen LogP contribution in [0, 0.1) is 5.92 Å². The van der Waals surface area contributed by atoms with Crippen LogP contribution in [0.3, 0.4) is 0 Å². The molecule has 1 amide bonds. The van der Waals surface area contributed by atoms with Crippen LogP contribution in [-0.2, 0) is 10.3 Å². The van der Waals surface area contributed by atoms with Crippen LogP contribution in [0.25, 0.3) is 0 Å². The van der Waals surface area contributed by atoms with E-state index in [-0.39, 0.29) is 11.4 Å². The monoisotopic (exact) mass is 462 g/mol. The van der Waals surface area contributed by atoms with Crippen molar-refractivity contribution >= 4 is 11.6 Å². The fourth-order valence-electron chi connectivity index (χ4n) is 5.94. The zero-order valence-corrected chi connectivity index (χ0v) is 21.5. The molecule has 34 heavy (non-hydrogen) atoms. The number of anilines is 1. The number of piperidine rings is 1. The average molecular weight is 463 g/mol. The van der Waals surface area contributed by atoms with Gasteiger partial charge in [-0.25, -0.2) is 0 Å². The second-order valence-corrected chi connectivity index (χ2v) is 10.6. The van der Waals surface area contributed by atoms with E-state index in [0.29, 0.717) is 18.3 Å². The topological polar surface area (TPSA) is 38.8 Å². The van der Waals surface area contributed by atoms with Crippen molar-refractivity contribution in [2.24, 2.45) is 5.92 Å². The van der Waals surface area contributed by atoms with Crippen LogP contribution in [0.2, 0.25) is 0 Å². The van der Waals surface area contributed by atoms with Crippen LogP contribution in [0.1, 0.15) is 49.7 Å². The predicted octanol–water partition coefficient (Wildman–Crippen LogP) is 4.62. The largest absolute Gasteiger partial charge is 0.384 e. The molecule has 5 nitrogen and oxygen atoms in total. The lowest BCUT2D eigenvalue weighted by atomic mass is 9.80. The van der Waals surface area contributed by atoms with E-state index >= 15 is 0 Å². The van der Waals surface area contributed by atoms with Gasteiger partial charge in [0, 0.05) is 56.8 Å². The Balaban J connectivity index is 1.21. The number of hydrogen-bond donors (Lipinski definition) is 1. The zero-order valence-electron chi connectivity index (χ0n) is 21.5. The van der Waals surface area contributed by atoms with Crippen molar-refractivity contribution in [1.29, 1.82) is 0 Å². The van der Waals surface area contributed by atoms with Crippen LogP contribution in [-0.4, -0.2) is 74.5 Å². The van der Waals surface area contributed by atoms with Gasteiger partial charge < -0.3 is 15.1 Å². The van der Waals surface area contributed by atoms with Gasteiger partial charge in [0.15, 0.2) is 0 Å². The summed E-state index contributed by atoms with van der Waals surface area (Å²) in [7, 11) is 6.40. The van der Waals surface area contributed by atoms with E-state index in [1.54, 1.807) is 0 Å². The number of carbonyl (C=O) groups excluding carboxylic acids is 1. The predicted molar refractivity (Wildman–Crippen MR) is 141 cm³/mol. The second-order valence-electron chi connectivity index (χ2n) is 10.6. The summed E-state index contributed by atoms with van der Waals surface area (Å²) in [6.07, 6.45) is 3.94. The lowest BCUT2D eigenvalue weighted by Gasteiger charge is -2.46. The van der Waals surface area contributed by atoms with E-state index in [4.69, 9.17) is 0 Å². The molecule has 2 aromatic rings. The third kappa shape index (κ3) is 5.31. The maximum atomic E-state index is 12.9. The number of para-hydroxylation sites is 1. The second kappa shape index (κ2) is 10.9. The van der Waals surface area contributed by atoms with Gasteiger partial charge in [-0.3, -0.25) is 9.69 Å². The number of benzene rings is 2. The van der Waals surface area contributed by atoms with E-state index in [1.165, 1.54) is 16.8 Å². The van der Waals surface area contributed by atoms with Gasteiger partial charge in [0.2, 0.25) is 5.91 Å². The summed E-state index contributed by atoms with van der Waals surface area (Å²) in [4.78, 5) is 19.8. The number of hydrogen-bond acceptors (Lipinski definition) is 4. The molecule has 2 aromatic carbocycles. The van der Waals surface area contributed by atoms with Gasteiger partial charge >= 0.3 is 0 Å². The summed E-state index contributed by atoms with van der Waals surface area (Å²) in [5, 5.41) is 3.49. The van der Waals surface area contributed by atoms with Gasteiger partial charge in [-0.15, -0.1) is 0 Å². The summed E-state index contributed by atoms with van der Waals surface area (Å²) >= 11 is 0. The molecule has 2 heterocycles.